The lowest BCUT2D eigenvalue weighted by molar-refractivity contribution is -0.120. The van der Waals surface area contributed by atoms with Crippen molar-refractivity contribution < 1.29 is 9.59 Å². The summed E-state index contributed by atoms with van der Waals surface area (Å²) in [6, 6.07) is 11.8. The van der Waals surface area contributed by atoms with Crippen LogP contribution in [0.15, 0.2) is 47.6 Å². The number of amides is 2. The molecule has 0 spiro atoms. The van der Waals surface area contributed by atoms with Gasteiger partial charge in [-0.05, 0) is 42.8 Å². The number of carbonyl (C=O) groups excluding carboxylic acids is 2. The third-order valence-corrected chi connectivity index (χ3v) is 4.26. The van der Waals surface area contributed by atoms with Crippen LogP contribution in [0.1, 0.15) is 18.9 Å². The van der Waals surface area contributed by atoms with Gasteiger partial charge in [0.15, 0.2) is 0 Å². The maximum absolute atomic E-state index is 12.0. The van der Waals surface area contributed by atoms with Crippen molar-refractivity contribution >= 4 is 58.0 Å². The Morgan fingerprint density at radius 3 is 2.31 bits per heavy atom. The second-order valence-electron chi connectivity index (χ2n) is 5.54. The molecular formula is C18H16Cl3N3O2. The molecule has 0 aromatic heterocycles. The zero-order valence-electron chi connectivity index (χ0n) is 13.9. The van der Waals surface area contributed by atoms with Crippen molar-refractivity contribution in [2.24, 2.45) is 5.10 Å². The molecule has 2 rings (SSSR count). The lowest BCUT2D eigenvalue weighted by Gasteiger charge is -2.07. The lowest BCUT2D eigenvalue weighted by atomic mass is 10.1. The number of hydrogen-bond acceptors (Lipinski definition) is 3. The maximum atomic E-state index is 12.0. The highest BCUT2D eigenvalue weighted by atomic mass is 35.5. The number of rotatable bonds is 6. The topological polar surface area (TPSA) is 70.6 Å². The van der Waals surface area contributed by atoms with Gasteiger partial charge in [0.05, 0.1) is 22.9 Å². The van der Waals surface area contributed by atoms with E-state index in [0.717, 1.165) is 5.56 Å². The first-order valence-corrected chi connectivity index (χ1v) is 8.78. The van der Waals surface area contributed by atoms with Crippen LogP contribution in [0.25, 0.3) is 0 Å². The molecule has 0 bridgehead atoms. The molecule has 0 saturated carbocycles. The summed E-state index contributed by atoms with van der Waals surface area (Å²) in [7, 11) is 0. The molecule has 0 saturated heterocycles. The van der Waals surface area contributed by atoms with E-state index in [9.17, 15) is 9.59 Å². The largest absolute Gasteiger partial charge is 0.326 e. The van der Waals surface area contributed by atoms with Crippen LogP contribution >= 0.6 is 34.8 Å². The highest BCUT2D eigenvalue weighted by Crippen LogP contribution is 2.25. The van der Waals surface area contributed by atoms with Gasteiger partial charge in [0.1, 0.15) is 0 Å². The molecule has 2 N–H and O–H groups in total. The van der Waals surface area contributed by atoms with E-state index in [1.165, 1.54) is 0 Å². The summed E-state index contributed by atoms with van der Waals surface area (Å²) in [5.74, 6) is -0.562. The molecule has 2 aromatic carbocycles. The fraction of sp³-hybridized carbons (Fsp3) is 0.167. The zero-order valence-corrected chi connectivity index (χ0v) is 16.1. The SMILES string of the molecule is CC(CC(=O)Nc1ccc(Cl)c(Cl)c1)=NNC(=O)Cc1ccc(Cl)cc1. The molecule has 0 aliphatic heterocycles. The van der Waals surface area contributed by atoms with Gasteiger partial charge >= 0.3 is 0 Å². The van der Waals surface area contributed by atoms with Gasteiger partial charge in [-0.15, -0.1) is 0 Å². The Balaban J connectivity index is 1.82. The molecule has 0 radical (unpaired) electrons. The van der Waals surface area contributed by atoms with Crippen LogP contribution in [0.3, 0.4) is 0 Å². The molecule has 0 atom stereocenters. The first-order chi connectivity index (χ1) is 12.3. The fourth-order valence-corrected chi connectivity index (χ4v) is 2.46. The normalized spacial score (nSPS) is 11.2. The van der Waals surface area contributed by atoms with E-state index < -0.39 is 0 Å². The van der Waals surface area contributed by atoms with Crippen LogP contribution in [-0.4, -0.2) is 17.5 Å². The smallest absolute Gasteiger partial charge is 0.244 e. The summed E-state index contributed by atoms with van der Waals surface area (Å²) in [6.45, 7) is 1.65. The van der Waals surface area contributed by atoms with Crippen molar-refractivity contribution in [3.8, 4) is 0 Å². The molecule has 0 unspecified atom stereocenters. The summed E-state index contributed by atoms with van der Waals surface area (Å²) < 4.78 is 0. The first kappa shape index (κ1) is 20.2. The molecule has 26 heavy (non-hydrogen) atoms. The highest BCUT2D eigenvalue weighted by Gasteiger charge is 2.07. The van der Waals surface area contributed by atoms with Gasteiger partial charge in [0.25, 0.3) is 0 Å². The van der Waals surface area contributed by atoms with Crippen LogP contribution in [0, 0.1) is 0 Å². The van der Waals surface area contributed by atoms with Gasteiger partial charge in [-0.1, -0.05) is 46.9 Å². The van der Waals surface area contributed by atoms with Crippen molar-refractivity contribution in [1.29, 1.82) is 0 Å². The molecule has 0 fully saturated rings. The van der Waals surface area contributed by atoms with E-state index in [0.29, 0.717) is 26.5 Å². The average molecular weight is 413 g/mol. The minimum Gasteiger partial charge on any atom is -0.326 e. The number of anilines is 1. The average Bonchev–Trinajstić information content (AvgIpc) is 2.58. The number of hydrogen-bond donors (Lipinski definition) is 2. The fourth-order valence-electron chi connectivity index (χ4n) is 2.04. The van der Waals surface area contributed by atoms with Gasteiger partial charge in [0.2, 0.25) is 11.8 Å². The number of carbonyl (C=O) groups is 2. The number of benzene rings is 2. The molecule has 0 aliphatic rings. The Bertz CT molecular complexity index is 836. The molecule has 0 heterocycles. The van der Waals surface area contributed by atoms with Crippen molar-refractivity contribution in [3.05, 3.63) is 63.1 Å². The number of hydrazone groups is 1. The van der Waals surface area contributed by atoms with Crippen LogP contribution in [0.2, 0.25) is 15.1 Å². The second kappa shape index (κ2) is 9.57. The lowest BCUT2D eigenvalue weighted by Crippen LogP contribution is -2.22. The van der Waals surface area contributed by atoms with Crippen molar-refractivity contribution in [3.63, 3.8) is 0 Å². The third kappa shape index (κ3) is 6.67. The van der Waals surface area contributed by atoms with E-state index in [2.05, 4.69) is 15.8 Å². The van der Waals surface area contributed by atoms with E-state index >= 15 is 0 Å². The Kier molecular flexibility index (Phi) is 7.45. The molecule has 2 aromatic rings. The quantitative estimate of drug-likeness (QED) is 0.533. The van der Waals surface area contributed by atoms with Crippen molar-refractivity contribution in [1.82, 2.24) is 5.43 Å². The van der Waals surface area contributed by atoms with Crippen molar-refractivity contribution in [2.45, 2.75) is 19.8 Å². The second-order valence-corrected chi connectivity index (χ2v) is 6.79. The Labute approximate surface area is 166 Å². The molecule has 2 amide bonds. The Morgan fingerprint density at radius 1 is 0.962 bits per heavy atom. The molecule has 136 valence electrons. The third-order valence-electron chi connectivity index (χ3n) is 3.27. The number of nitrogens with zero attached hydrogens (tertiary/aromatic N) is 1. The van der Waals surface area contributed by atoms with Gasteiger partial charge in [-0.25, -0.2) is 5.43 Å². The van der Waals surface area contributed by atoms with Crippen LogP contribution in [-0.2, 0) is 16.0 Å². The Morgan fingerprint density at radius 2 is 1.65 bits per heavy atom. The summed E-state index contributed by atoms with van der Waals surface area (Å²) in [5.41, 5.74) is 4.24. The van der Waals surface area contributed by atoms with Crippen LogP contribution in [0.4, 0.5) is 5.69 Å². The van der Waals surface area contributed by atoms with E-state index in [1.54, 1.807) is 49.4 Å². The van der Waals surface area contributed by atoms with Gasteiger partial charge in [0, 0.05) is 16.4 Å². The number of halogens is 3. The van der Waals surface area contributed by atoms with E-state index in [1.807, 2.05) is 0 Å². The van der Waals surface area contributed by atoms with E-state index in [4.69, 9.17) is 34.8 Å². The monoisotopic (exact) mass is 411 g/mol. The van der Waals surface area contributed by atoms with Crippen LogP contribution in [0.5, 0.6) is 0 Å². The predicted molar refractivity (Wildman–Crippen MR) is 106 cm³/mol. The summed E-state index contributed by atoms with van der Waals surface area (Å²) in [5, 5.41) is 7.99. The van der Waals surface area contributed by atoms with E-state index in [-0.39, 0.29) is 24.7 Å². The standard InChI is InChI=1S/C18H16Cl3N3O2/c1-11(8-17(25)22-14-6-7-15(20)16(21)10-14)23-24-18(26)9-12-2-4-13(19)5-3-12/h2-7,10H,8-9H2,1H3,(H,22,25)(H,24,26). The molecule has 8 heteroatoms. The summed E-state index contributed by atoms with van der Waals surface area (Å²) in [6.07, 6.45) is 0.199. The van der Waals surface area contributed by atoms with Gasteiger partial charge < -0.3 is 5.32 Å². The van der Waals surface area contributed by atoms with Crippen LogP contribution < -0.4 is 10.7 Å². The maximum Gasteiger partial charge on any atom is 0.244 e. The number of nitrogens with one attached hydrogen (secondary N) is 2. The Hall–Kier alpha value is -2.08. The van der Waals surface area contributed by atoms with Gasteiger partial charge in [-0.2, -0.15) is 5.10 Å². The highest BCUT2D eigenvalue weighted by molar-refractivity contribution is 6.42. The predicted octanol–water partition coefficient (Wildman–Crippen LogP) is 4.71. The summed E-state index contributed by atoms with van der Waals surface area (Å²) >= 11 is 17.5. The first-order valence-electron chi connectivity index (χ1n) is 7.65. The zero-order chi connectivity index (χ0) is 19.1. The van der Waals surface area contributed by atoms with Gasteiger partial charge in [-0.3, -0.25) is 9.59 Å². The minimum absolute atomic E-state index is 0.0292. The summed E-state index contributed by atoms with van der Waals surface area (Å²) in [4.78, 5) is 23.9. The van der Waals surface area contributed by atoms with Crippen molar-refractivity contribution in [2.75, 3.05) is 5.32 Å². The molecular weight excluding hydrogens is 397 g/mol. The molecule has 5 nitrogen and oxygen atoms in total. The molecule has 0 aliphatic carbocycles. The minimum atomic E-state index is -0.281.